The first kappa shape index (κ1) is 15.1. The highest BCUT2D eigenvalue weighted by Gasteiger charge is 2.18. The molecule has 9 nitrogen and oxygen atoms in total. The van der Waals surface area contributed by atoms with Gasteiger partial charge in [-0.1, -0.05) is 0 Å². The van der Waals surface area contributed by atoms with Crippen molar-refractivity contribution < 1.29 is 22.7 Å². The van der Waals surface area contributed by atoms with Crippen LogP contribution >= 0.6 is 0 Å². The third-order valence-corrected chi connectivity index (χ3v) is 4.21. The maximum Gasteiger partial charge on any atom is 0.417 e. The fourth-order valence-electron chi connectivity index (χ4n) is 1.62. The molecule has 3 N–H and O–H groups in total. The van der Waals surface area contributed by atoms with E-state index in [4.69, 9.17) is 9.52 Å². The van der Waals surface area contributed by atoms with Crippen LogP contribution in [0.3, 0.4) is 0 Å². The first-order chi connectivity index (χ1) is 9.78. The van der Waals surface area contributed by atoms with Gasteiger partial charge >= 0.3 is 21.9 Å². The van der Waals surface area contributed by atoms with Gasteiger partial charge in [0.15, 0.2) is 5.58 Å². The van der Waals surface area contributed by atoms with Crippen LogP contribution in [0.2, 0.25) is 0 Å². The Morgan fingerprint density at radius 1 is 1.48 bits per heavy atom. The third kappa shape index (κ3) is 3.61. The van der Waals surface area contributed by atoms with Crippen LogP contribution in [-0.2, 0) is 15.0 Å². The summed E-state index contributed by atoms with van der Waals surface area (Å²) < 4.78 is 31.9. The zero-order valence-corrected chi connectivity index (χ0v) is 11.8. The molecule has 0 radical (unpaired) electrons. The molecule has 1 heterocycles. The number of nitrogens with zero attached hydrogens (tertiary/aromatic N) is 1. The van der Waals surface area contributed by atoms with Crippen molar-refractivity contribution in [3.8, 4) is 0 Å². The Kier molecular flexibility index (Phi) is 4.00. The number of H-pyrrole nitrogens is 1. The standard InChI is InChI=1S/C11H13N3O6S/c1-14(5-4-10(15)16)21(18,19)13-7-2-3-9-8(6-7)12-11(17)20-9/h2-3,6,13H,4-5H2,1H3,(H,12,17)(H,15,16). The molecule has 0 aliphatic carbocycles. The summed E-state index contributed by atoms with van der Waals surface area (Å²) in [4.78, 5) is 23.9. The first-order valence-corrected chi connectivity index (χ1v) is 7.31. The number of benzene rings is 1. The minimum Gasteiger partial charge on any atom is -0.481 e. The normalized spacial score (nSPS) is 11.9. The second-order valence-corrected chi connectivity index (χ2v) is 6.08. The lowest BCUT2D eigenvalue weighted by molar-refractivity contribution is -0.137. The van der Waals surface area contributed by atoms with Gasteiger partial charge in [0.05, 0.1) is 17.6 Å². The summed E-state index contributed by atoms with van der Waals surface area (Å²) >= 11 is 0. The minimum absolute atomic E-state index is 0.157. The van der Waals surface area contributed by atoms with Gasteiger partial charge in [0.25, 0.3) is 0 Å². The van der Waals surface area contributed by atoms with Crippen LogP contribution in [0.5, 0.6) is 0 Å². The lowest BCUT2D eigenvalue weighted by atomic mass is 10.3. The number of hydrogen-bond donors (Lipinski definition) is 3. The van der Waals surface area contributed by atoms with E-state index in [1.165, 1.54) is 25.2 Å². The second-order valence-electron chi connectivity index (χ2n) is 4.30. The molecule has 0 amide bonds. The van der Waals surface area contributed by atoms with Gasteiger partial charge in [0.2, 0.25) is 0 Å². The van der Waals surface area contributed by atoms with Crippen molar-refractivity contribution in [3.63, 3.8) is 0 Å². The topological polar surface area (TPSA) is 133 Å². The van der Waals surface area contributed by atoms with Crippen molar-refractivity contribution in [2.24, 2.45) is 0 Å². The van der Waals surface area contributed by atoms with Crippen molar-refractivity contribution in [3.05, 3.63) is 28.7 Å². The molecule has 1 aromatic heterocycles. The Bertz CT molecular complexity index is 822. The number of anilines is 1. The van der Waals surface area contributed by atoms with E-state index in [9.17, 15) is 18.0 Å². The average Bonchev–Trinajstić information content (AvgIpc) is 2.74. The van der Waals surface area contributed by atoms with Gasteiger partial charge in [-0.3, -0.25) is 14.5 Å². The summed E-state index contributed by atoms with van der Waals surface area (Å²) in [6.45, 7) is -0.157. The molecule has 0 unspecified atom stereocenters. The van der Waals surface area contributed by atoms with Gasteiger partial charge < -0.3 is 9.52 Å². The fourth-order valence-corrected chi connectivity index (χ4v) is 2.53. The molecule has 0 atom stereocenters. The molecule has 2 rings (SSSR count). The predicted octanol–water partition coefficient (Wildman–Crippen LogP) is 0.184. The highest BCUT2D eigenvalue weighted by molar-refractivity contribution is 7.90. The number of hydrogen-bond acceptors (Lipinski definition) is 5. The van der Waals surface area contributed by atoms with E-state index in [1.54, 1.807) is 0 Å². The molecule has 0 spiro atoms. The Hall–Kier alpha value is -2.33. The van der Waals surface area contributed by atoms with E-state index in [0.29, 0.717) is 11.1 Å². The van der Waals surface area contributed by atoms with E-state index in [1.807, 2.05) is 0 Å². The first-order valence-electron chi connectivity index (χ1n) is 5.87. The molecule has 0 saturated carbocycles. The van der Waals surface area contributed by atoms with Crippen LogP contribution in [0.1, 0.15) is 6.42 Å². The third-order valence-electron chi connectivity index (χ3n) is 2.72. The number of aromatic nitrogens is 1. The molecule has 0 bridgehead atoms. The Morgan fingerprint density at radius 2 is 2.19 bits per heavy atom. The van der Waals surface area contributed by atoms with Crippen molar-refractivity contribution >= 4 is 33.0 Å². The number of aromatic amines is 1. The molecule has 10 heteroatoms. The van der Waals surface area contributed by atoms with E-state index in [2.05, 4.69) is 9.71 Å². The van der Waals surface area contributed by atoms with E-state index < -0.39 is 21.9 Å². The summed E-state index contributed by atoms with van der Waals surface area (Å²) in [5, 5.41) is 8.55. The number of carboxylic acids is 1. The van der Waals surface area contributed by atoms with Crippen LogP contribution in [0.4, 0.5) is 5.69 Å². The number of carboxylic acid groups (broad SMARTS) is 1. The van der Waals surface area contributed by atoms with Gasteiger partial charge in [0.1, 0.15) is 0 Å². The SMILES string of the molecule is CN(CCC(=O)O)S(=O)(=O)Nc1ccc2oc(=O)[nH]c2c1. The smallest absolute Gasteiger partial charge is 0.417 e. The van der Waals surface area contributed by atoms with Crippen molar-refractivity contribution in [2.45, 2.75) is 6.42 Å². The zero-order valence-electron chi connectivity index (χ0n) is 11.0. The quantitative estimate of drug-likeness (QED) is 0.696. The van der Waals surface area contributed by atoms with Crippen LogP contribution in [0.15, 0.2) is 27.4 Å². The number of aliphatic carboxylic acids is 1. The molecule has 0 aliphatic rings. The lowest BCUT2D eigenvalue weighted by Crippen LogP contribution is -2.34. The van der Waals surface area contributed by atoms with Gasteiger partial charge in [-0.15, -0.1) is 0 Å². The molecule has 0 aliphatic heterocycles. The van der Waals surface area contributed by atoms with Crippen molar-refractivity contribution in [1.82, 2.24) is 9.29 Å². The Balaban J connectivity index is 2.17. The molecule has 0 fully saturated rings. The summed E-state index contributed by atoms with van der Waals surface area (Å²) in [6.07, 6.45) is -0.300. The predicted molar refractivity (Wildman–Crippen MR) is 74.3 cm³/mol. The highest BCUT2D eigenvalue weighted by atomic mass is 32.2. The average molecular weight is 315 g/mol. The number of oxazole rings is 1. The van der Waals surface area contributed by atoms with Crippen LogP contribution in [-0.4, -0.2) is 42.4 Å². The summed E-state index contributed by atoms with van der Waals surface area (Å²) in [5.41, 5.74) is 0.886. The number of rotatable bonds is 6. The number of nitrogens with one attached hydrogen (secondary N) is 2. The molecule has 114 valence electrons. The molecule has 2 aromatic rings. The van der Waals surface area contributed by atoms with Gasteiger partial charge in [-0.05, 0) is 18.2 Å². The highest BCUT2D eigenvalue weighted by Crippen LogP contribution is 2.17. The number of fused-ring (bicyclic) bond motifs is 1. The summed E-state index contributed by atoms with van der Waals surface area (Å²) in [5.74, 6) is -1.72. The van der Waals surface area contributed by atoms with Crippen molar-refractivity contribution in [1.29, 1.82) is 0 Å². The maximum atomic E-state index is 12.0. The molecule has 21 heavy (non-hydrogen) atoms. The number of carbonyl (C=O) groups is 1. The second kappa shape index (κ2) is 5.58. The molecular formula is C11H13N3O6S. The monoisotopic (exact) mass is 315 g/mol. The van der Waals surface area contributed by atoms with E-state index >= 15 is 0 Å². The minimum atomic E-state index is -3.87. The van der Waals surface area contributed by atoms with Gasteiger partial charge in [-0.2, -0.15) is 12.7 Å². The zero-order chi connectivity index (χ0) is 15.6. The van der Waals surface area contributed by atoms with Crippen LogP contribution in [0, 0.1) is 0 Å². The lowest BCUT2D eigenvalue weighted by Gasteiger charge is -2.17. The summed E-state index contributed by atoms with van der Waals surface area (Å²) in [6, 6.07) is 4.28. The van der Waals surface area contributed by atoms with Gasteiger partial charge in [-0.25, -0.2) is 4.79 Å². The molecule has 0 saturated heterocycles. The summed E-state index contributed by atoms with van der Waals surface area (Å²) in [7, 11) is -2.61. The van der Waals surface area contributed by atoms with E-state index in [-0.39, 0.29) is 18.7 Å². The van der Waals surface area contributed by atoms with Crippen molar-refractivity contribution in [2.75, 3.05) is 18.3 Å². The Morgan fingerprint density at radius 3 is 2.86 bits per heavy atom. The van der Waals surface area contributed by atoms with Crippen LogP contribution < -0.4 is 10.5 Å². The Labute approximate surface area is 119 Å². The molecular weight excluding hydrogens is 302 g/mol. The van der Waals surface area contributed by atoms with Crippen LogP contribution in [0.25, 0.3) is 11.1 Å². The maximum absolute atomic E-state index is 12.0. The van der Waals surface area contributed by atoms with Gasteiger partial charge in [0, 0.05) is 13.6 Å². The largest absolute Gasteiger partial charge is 0.481 e. The van der Waals surface area contributed by atoms with E-state index in [0.717, 1.165) is 4.31 Å². The molecule has 1 aromatic carbocycles. The fraction of sp³-hybridized carbons (Fsp3) is 0.273.